The van der Waals surface area contributed by atoms with Crippen molar-refractivity contribution in [1.29, 1.82) is 0 Å². The SMILES string of the molecule is Cc1nc(CCNc2nccc(C(F)(F)F)n2)nc2c1CCCC2. The van der Waals surface area contributed by atoms with E-state index in [0.717, 1.165) is 42.9 Å². The Morgan fingerprint density at radius 1 is 1.12 bits per heavy atom. The van der Waals surface area contributed by atoms with Gasteiger partial charge in [0.2, 0.25) is 5.95 Å². The lowest BCUT2D eigenvalue weighted by Crippen LogP contribution is -2.16. The number of alkyl halides is 3. The van der Waals surface area contributed by atoms with E-state index < -0.39 is 11.9 Å². The number of fused-ring (bicyclic) bond motifs is 1. The molecule has 1 aliphatic rings. The highest BCUT2D eigenvalue weighted by atomic mass is 19.4. The fourth-order valence-corrected chi connectivity index (χ4v) is 2.84. The summed E-state index contributed by atoms with van der Waals surface area (Å²) < 4.78 is 37.9. The molecule has 2 heterocycles. The van der Waals surface area contributed by atoms with E-state index in [2.05, 4.69) is 25.3 Å². The molecule has 0 radical (unpaired) electrons. The Balaban J connectivity index is 1.64. The van der Waals surface area contributed by atoms with Crippen molar-refractivity contribution < 1.29 is 13.2 Å². The lowest BCUT2D eigenvalue weighted by molar-refractivity contribution is -0.141. The highest BCUT2D eigenvalue weighted by Crippen LogP contribution is 2.27. The zero-order chi connectivity index (χ0) is 17.2. The van der Waals surface area contributed by atoms with E-state index in [-0.39, 0.29) is 5.95 Å². The lowest BCUT2D eigenvalue weighted by atomic mass is 9.95. The van der Waals surface area contributed by atoms with Gasteiger partial charge in [-0.25, -0.2) is 19.9 Å². The fourth-order valence-electron chi connectivity index (χ4n) is 2.84. The average molecular weight is 337 g/mol. The van der Waals surface area contributed by atoms with E-state index in [4.69, 9.17) is 0 Å². The van der Waals surface area contributed by atoms with Crippen LogP contribution in [0.5, 0.6) is 0 Å². The predicted octanol–water partition coefficient (Wildman–Crippen LogP) is 3.13. The van der Waals surface area contributed by atoms with Gasteiger partial charge >= 0.3 is 6.18 Å². The van der Waals surface area contributed by atoms with Gasteiger partial charge in [-0.2, -0.15) is 13.2 Å². The second-order valence-corrected chi connectivity index (χ2v) is 5.80. The number of hydrogen-bond donors (Lipinski definition) is 1. The molecule has 24 heavy (non-hydrogen) atoms. The molecule has 0 saturated carbocycles. The maximum atomic E-state index is 12.6. The fraction of sp³-hybridized carbons (Fsp3) is 0.500. The smallest absolute Gasteiger partial charge is 0.354 e. The molecule has 0 fully saturated rings. The molecule has 0 bridgehead atoms. The van der Waals surface area contributed by atoms with Crippen LogP contribution in [0, 0.1) is 6.92 Å². The number of hydrogen-bond acceptors (Lipinski definition) is 5. The molecule has 0 amide bonds. The Kier molecular flexibility index (Phi) is 4.64. The van der Waals surface area contributed by atoms with Gasteiger partial charge in [-0.05, 0) is 44.2 Å². The molecule has 128 valence electrons. The van der Waals surface area contributed by atoms with Gasteiger partial charge in [0.1, 0.15) is 11.5 Å². The minimum atomic E-state index is -4.47. The average Bonchev–Trinajstić information content (AvgIpc) is 2.54. The van der Waals surface area contributed by atoms with Gasteiger partial charge in [0.15, 0.2) is 0 Å². The highest BCUT2D eigenvalue weighted by molar-refractivity contribution is 5.29. The van der Waals surface area contributed by atoms with Gasteiger partial charge < -0.3 is 5.32 Å². The molecule has 0 unspecified atom stereocenters. The molecule has 0 spiro atoms. The first kappa shape index (κ1) is 16.6. The second kappa shape index (κ2) is 6.70. The normalized spacial score (nSPS) is 14.3. The summed E-state index contributed by atoms with van der Waals surface area (Å²) in [6.07, 6.45) is 1.43. The molecule has 5 nitrogen and oxygen atoms in total. The Morgan fingerprint density at radius 3 is 2.71 bits per heavy atom. The summed E-state index contributed by atoms with van der Waals surface area (Å²) in [5, 5.41) is 2.80. The monoisotopic (exact) mass is 337 g/mol. The first-order valence-corrected chi connectivity index (χ1v) is 7.93. The van der Waals surface area contributed by atoms with Gasteiger partial charge in [0.25, 0.3) is 0 Å². The topological polar surface area (TPSA) is 63.6 Å². The summed E-state index contributed by atoms with van der Waals surface area (Å²) in [6.45, 7) is 2.36. The third-order valence-electron chi connectivity index (χ3n) is 4.01. The van der Waals surface area contributed by atoms with Crippen molar-refractivity contribution >= 4 is 5.95 Å². The second-order valence-electron chi connectivity index (χ2n) is 5.80. The Labute approximate surface area is 137 Å². The van der Waals surface area contributed by atoms with Crippen LogP contribution in [0.4, 0.5) is 19.1 Å². The summed E-state index contributed by atoms with van der Waals surface area (Å²) in [4.78, 5) is 16.4. The van der Waals surface area contributed by atoms with Crippen LogP contribution in [-0.2, 0) is 25.4 Å². The first-order valence-electron chi connectivity index (χ1n) is 7.93. The minimum absolute atomic E-state index is 0.0421. The summed E-state index contributed by atoms with van der Waals surface area (Å²) >= 11 is 0. The molecule has 2 aromatic heterocycles. The molecule has 0 aromatic carbocycles. The third kappa shape index (κ3) is 3.80. The standard InChI is InChI=1S/C16H18F3N5/c1-10-11-4-2-3-5-12(11)23-14(22-10)7-9-21-15-20-8-6-13(24-15)16(17,18)19/h6,8H,2-5,7,9H2,1H3,(H,20,21,24). The van der Waals surface area contributed by atoms with Crippen LogP contribution in [0.15, 0.2) is 12.3 Å². The number of aromatic nitrogens is 4. The zero-order valence-corrected chi connectivity index (χ0v) is 13.3. The van der Waals surface area contributed by atoms with Crippen molar-refractivity contribution in [3.63, 3.8) is 0 Å². The quantitative estimate of drug-likeness (QED) is 0.929. The molecule has 8 heteroatoms. The van der Waals surface area contributed by atoms with E-state index >= 15 is 0 Å². The molecular weight excluding hydrogens is 319 g/mol. The number of aryl methyl sites for hydroxylation is 2. The summed E-state index contributed by atoms with van der Waals surface area (Å²) in [5.74, 6) is 0.659. The Bertz CT molecular complexity index is 730. The molecule has 1 aliphatic carbocycles. The number of nitrogens with zero attached hydrogens (tertiary/aromatic N) is 4. The largest absolute Gasteiger partial charge is 0.433 e. The van der Waals surface area contributed by atoms with Gasteiger partial charge in [-0.1, -0.05) is 0 Å². The highest BCUT2D eigenvalue weighted by Gasteiger charge is 2.32. The minimum Gasteiger partial charge on any atom is -0.354 e. The van der Waals surface area contributed by atoms with E-state index in [1.807, 2.05) is 6.92 Å². The van der Waals surface area contributed by atoms with Crippen LogP contribution < -0.4 is 5.32 Å². The Hall–Kier alpha value is -2.25. The van der Waals surface area contributed by atoms with Crippen molar-refractivity contribution in [1.82, 2.24) is 19.9 Å². The van der Waals surface area contributed by atoms with Crippen LogP contribution in [0.25, 0.3) is 0 Å². The predicted molar refractivity (Wildman–Crippen MR) is 82.6 cm³/mol. The molecule has 3 rings (SSSR count). The van der Waals surface area contributed by atoms with Gasteiger partial charge in [-0.15, -0.1) is 0 Å². The van der Waals surface area contributed by atoms with Crippen LogP contribution in [-0.4, -0.2) is 26.5 Å². The molecule has 2 aromatic rings. The van der Waals surface area contributed by atoms with Crippen molar-refractivity contribution in [2.24, 2.45) is 0 Å². The third-order valence-corrected chi connectivity index (χ3v) is 4.01. The molecule has 0 aliphatic heterocycles. The van der Waals surface area contributed by atoms with Gasteiger partial charge in [0.05, 0.1) is 0 Å². The molecule has 0 atom stereocenters. The van der Waals surface area contributed by atoms with Crippen molar-refractivity contribution in [3.8, 4) is 0 Å². The van der Waals surface area contributed by atoms with E-state index in [0.29, 0.717) is 18.8 Å². The van der Waals surface area contributed by atoms with E-state index in [9.17, 15) is 13.2 Å². The first-order chi connectivity index (χ1) is 11.4. The zero-order valence-electron chi connectivity index (χ0n) is 13.3. The molecule has 0 saturated heterocycles. The summed E-state index contributed by atoms with van der Waals surface area (Å²) in [7, 11) is 0. The van der Waals surface area contributed by atoms with Crippen molar-refractivity contribution in [3.05, 3.63) is 40.7 Å². The van der Waals surface area contributed by atoms with Crippen molar-refractivity contribution in [2.45, 2.75) is 45.2 Å². The summed E-state index contributed by atoms with van der Waals surface area (Å²) in [6, 6.07) is 0.848. The Morgan fingerprint density at radius 2 is 1.92 bits per heavy atom. The number of rotatable bonds is 4. The maximum Gasteiger partial charge on any atom is 0.433 e. The van der Waals surface area contributed by atoms with E-state index in [1.54, 1.807) is 0 Å². The van der Waals surface area contributed by atoms with Gasteiger partial charge in [-0.3, -0.25) is 0 Å². The lowest BCUT2D eigenvalue weighted by Gasteiger charge is -2.17. The number of nitrogens with one attached hydrogen (secondary N) is 1. The maximum absolute atomic E-state index is 12.6. The molecular formula is C16H18F3N5. The van der Waals surface area contributed by atoms with Crippen LogP contribution in [0.2, 0.25) is 0 Å². The number of halogens is 3. The molecule has 1 N–H and O–H groups in total. The van der Waals surface area contributed by atoms with Crippen molar-refractivity contribution in [2.75, 3.05) is 11.9 Å². The van der Waals surface area contributed by atoms with Crippen LogP contribution in [0.1, 0.15) is 41.3 Å². The van der Waals surface area contributed by atoms with Gasteiger partial charge in [0, 0.05) is 30.6 Å². The summed E-state index contributed by atoms with van der Waals surface area (Å²) in [5.41, 5.74) is 2.41. The van der Waals surface area contributed by atoms with Crippen LogP contribution >= 0.6 is 0 Å². The number of anilines is 1. The van der Waals surface area contributed by atoms with E-state index in [1.165, 1.54) is 12.0 Å². The van der Waals surface area contributed by atoms with Crippen LogP contribution in [0.3, 0.4) is 0 Å².